The summed E-state index contributed by atoms with van der Waals surface area (Å²) >= 11 is 0. The van der Waals surface area contributed by atoms with Crippen LogP contribution in [-0.2, 0) is 21.1 Å². The van der Waals surface area contributed by atoms with Gasteiger partial charge in [0.2, 0.25) is 5.91 Å². The van der Waals surface area contributed by atoms with Crippen LogP contribution in [0.15, 0.2) is 24.3 Å². The van der Waals surface area contributed by atoms with Crippen molar-refractivity contribution in [3.8, 4) is 0 Å². The van der Waals surface area contributed by atoms with Crippen LogP contribution in [0.3, 0.4) is 0 Å². The molecule has 1 amide bonds. The van der Waals surface area contributed by atoms with E-state index in [0.29, 0.717) is 12.8 Å². The molecule has 1 aromatic rings. The highest BCUT2D eigenvalue weighted by Gasteiger charge is 2.05. The zero-order valence-electron chi connectivity index (χ0n) is 10.8. The molecule has 4 nitrogen and oxygen atoms in total. The van der Waals surface area contributed by atoms with Gasteiger partial charge in [-0.3, -0.25) is 4.79 Å². The van der Waals surface area contributed by atoms with Crippen LogP contribution < -0.4 is 5.32 Å². The van der Waals surface area contributed by atoms with Gasteiger partial charge in [0, 0.05) is 19.2 Å². The third-order valence-corrected chi connectivity index (χ3v) is 3.46. The van der Waals surface area contributed by atoms with Crippen molar-refractivity contribution in [1.82, 2.24) is 5.32 Å². The first kappa shape index (κ1) is 14.7. The first-order valence-corrected chi connectivity index (χ1v) is 7.93. The van der Waals surface area contributed by atoms with E-state index in [1.54, 1.807) is 0 Å². The van der Waals surface area contributed by atoms with Crippen LogP contribution in [-0.4, -0.2) is 32.9 Å². The van der Waals surface area contributed by atoms with E-state index in [1.807, 2.05) is 31.2 Å². The molecule has 0 bridgehead atoms. The Morgan fingerprint density at radius 2 is 2.06 bits per heavy atom. The highest BCUT2D eigenvalue weighted by atomic mass is 32.2. The van der Waals surface area contributed by atoms with E-state index in [-0.39, 0.29) is 18.2 Å². The summed E-state index contributed by atoms with van der Waals surface area (Å²) in [5.74, 6) is -0.122. The monoisotopic (exact) mass is 269 g/mol. The molecule has 0 aliphatic heterocycles. The number of sulfone groups is 1. The van der Waals surface area contributed by atoms with Crippen molar-refractivity contribution >= 4 is 15.7 Å². The highest BCUT2D eigenvalue weighted by molar-refractivity contribution is 7.90. The number of amides is 1. The molecule has 0 fully saturated rings. The zero-order chi connectivity index (χ0) is 13.6. The van der Waals surface area contributed by atoms with Gasteiger partial charge < -0.3 is 5.32 Å². The number of hydrogen-bond donors (Lipinski definition) is 1. The maximum atomic E-state index is 11.5. The van der Waals surface area contributed by atoms with E-state index >= 15 is 0 Å². The minimum absolute atomic E-state index is 0.0107. The standard InChI is InChI=1S/C13H19NO3S/c1-11-4-3-5-12(10-11)6-7-13(15)14-8-9-18(2,16)17/h3-5,10H,6-9H2,1-2H3,(H,14,15). The predicted molar refractivity (Wildman–Crippen MR) is 72.2 cm³/mol. The van der Waals surface area contributed by atoms with Crippen LogP contribution in [0.1, 0.15) is 17.5 Å². The van der Waals surface area contributed by atoms with Crippen LogP contribution in [0, 0.1) is 6.92 Å². The average Bonchev–Trinajstić information content (AvgIpc) is 2.25. The average molecular weight is 269 g/mol. The van der Waals surface area contributed by atoms with Crippen molar-refractivity contribution in [1.29, 1.82) is 0 Å². The van der Waals surface area contributed by atoms with E-state index in [9.17, 15) is 13.2 Å². The molecule has 1 rings (SSSR count). The van der Waals surface area contributed by atoms with Gasteiger partial charge in [-0.05, 0) is 18.9 Å². The second-order valence-electron chi connectivity index (χ2n) is 4.47. The predicted octanol–water partition coefficient (Wildman–Crippen LogP) is 1.09. The van der Waals surface area contributed by atoms with Gasteiger partial charge in [0.05, 0.1) is 5.75 Å². The van der Waals surface area contributed by atoms with Crippen molar-refractivity contribution in [2.45, 2.75) is 19.8 Å². The minimum atomic E-state index is -3.01. The van der Waals surface area contributed by atoms with E-state index < -0.39 is 9.84 Å². The smallest absolute Gasteiger partial charge is 0.220 e. The van der Waals surface area contributed by atoms with Crippen molar-refractivity contribution in [2.75, 3.05) is 18.6 Å². The summed E-state index contributed by atoms with van der Waals surface area (Å²) in [6.07, 6.45) is 2.21. The molecule has 1 N–H and O–H groups in total. The molecule has 1 aromatic carbocycles. The maximum absolute atomic E-state index is 11.5. The number of aryl methyl sites for hydroxylation is 2. The Balaban J connectivity index is 2.29. The molecule has 0 spiro atoms. The van der Waals surface area contributed by atoms with Crippen LogP contribution in [0.4, 0.5) is 0 Å². The van der Waals surface area contributed by atoms with Gasteiger partial charge in [-0.25, -0.2) is 8.42 Å². The quantitative estimate of drug-likeness (QED) is 0.841. The Labute approximate surface area is 108 Å². The normalized spacial score (nSPS) is 11.2. The van der Waals surface area contributed by atoms with Crippen molar-refractivity contribution in [2.24, 2.45) is 0 Å². The summed E-state index contributed by atoms with van der Waals surface area (Å²) in [6, 6.07) is 8.00. The van der Waals surface area contributed by atoms with Gasteiger partial charge in [0.1, 0.15) is 9.84 Å². The van der Waals surface area contributed by atoms with Crippen LogP contribution >= 0.6 is 0 Å². The van der Waals surface area contributed by atoms with Crippen LogP contribution in [0.2, 0.25) is 0 Å². The number of nitrogens with one attached hydrogen (secondary N) is 1. The summed E-state index contributed by atoms with van der Waals surface area (Å²) in [5.41, 5.74) is 2.29. The maximum Gasteiger partial charge on any atom is 0.220 e. The lowest BCUT2D eigenvalue weighted by atomic mass is 10.1. The lowest BCUT2D eigenvalue weighted by Gasteiger charge is -2.05. The molecule has 0 saturated heterocycles. The number of benzene rings is 1. The number of carbonyl (C=O) groups is 1. The summed E-state index contributed by atoms with van der Waals surface area (Å²) in [7, 11) is -3.01. The Hall–Kier alpha value is -1.36. The van der Waals surface area contributed by atoms with Gasteiger partial charge in [-0.15, -0.1) is 0 Å². The van der Waals surface area contributed by atoms with Crippen molar-refractivity contribution in [3.63, 3.8) is 0 Å². The molecule has 0 atom stereocenters. The zero-order valence-corrected chi connectivity index (χ0v) is 11.6. The Kier molecular flexibility index (Phi) is 5.34. The van der Waals surface area contributed by atoms with Gasteiger partial charge in [-0.2, -0.15) is 0 Å². The van der Waals surface area contributed by atoms with Crippen LogP contribution in [0.5, 0.6) is 0 Å². The largest absolute Gasteiger partial charge is 0.355 e. The topological polar surface area (TPSA) is 63.2 Å². The molecule has 0 radical (unpaired) electrons. The minimum Gasteiger partial charge on any atom is -0.355 e. The Morgan fingerprint density at radius 3 is 2.67 bits per heavy atom. The summed E-state index contributed by atoms with van der Waals surface area (Å²) < 4.78 is 21.8. The fourth-order valence-corrected chi connectivity index (χ4v) is 2.06. The molecular weight excluding hydrogens is 250 g/mol. The molecule has 18 heavy (non-hydrogen) atoms. The second kappa shape index (κ2) is 6.54. The van der Waals surface area contributed by atoms with Gasteiger partial charge >= 0.3 is 0 Å². The molecule has 0 aliphatic carbocycles. The van der Waals surface area contributed by atoms with E-state index in [0.717, 1.165) is 11.8 Å². The molecule has 0 aromatic heterocycles. The van der Waals surface area contributed by atoms with E-state index in [4.69, 9.17) is 0 Å². The fraction of sp³-hybridized carbons (Fsp3) is 0.462. The van der Waals surface area contributed by atoms with E-state index in [2.05, 4.69) is 5.32 Å². The first-order chi connectivity index (χ1) is 8.37. The second-order valence-corrected chi connectivity index (χ2v) is 6.73. The first-order valence-electron chi connectivity index (χ1n) is 5.87. The SMILES string of the molecule is Cc1cccc(CCC(=O)NCCS(C)(=O)=O)c1. The van der Waals surface area contributed by atoms with Gasteiger partial charge in [-0.1, -0.05) is 29.8 Å². The Bertz CT molecular complexity index is 509. The molecule has 5 heteroatoms. The molecule has 0 aliphatic rings. The number of rotatable bonds is 6. The third kappa shape index (κ3) is 6.39. The lowest BCUT2D eigenvalue weighted by Crippen LogP contribution is -2.28. The number of hydrogen-bond acceptors (Lipinski definition) is 3. The molecule has 0 unspecified atom stereocenters. The van der Waals surface area contributed by atoms with Crippen LogP contribution in [0.25, 0.3) is 0 Å². The molecular formula is C13H19NO3S. The Morgan fingerprint density at radius 1 is 1.33 bits per heavy atom. The highest BCUT2D eigenvalue weighted by Crippen LogP contribution is 2.06. The van der Waals surface area contributed by atoms with E-state index in [1.165, 1.54) is 5.56 Å². The van der Waals surface area contributed by atoms with Gasteiger partial charge in [0.15, 0.2) is 0 Å². The molecule has 0 heterocycles. The third-order valence-electron chi connectivity index (χ3n) is 2.52. The summed E-state index contributed by atoms with van der Waals surface area (Å²) in [6.45, 7) is 2.20. The molecule has 100 valence electrons. The fourth-order valence-electron chi connectivity index (χ4n) is 1.59. The van der Waals surface area contributed by atoms with Gasteiger partial charge in [0.25, 0.3) is 0 Å². The number of carbonyl (C=O) groups excluding carboxylic acids is 1. The summed E-state index contributed by atoms with van der Waals surface area (Å²) in [5, 5.41) is 2.61. The molecule has 0 saturated carbocycles. The summed E-state index contributed by atoms with van der Waals surface area (Å²) in [4.78, 5) is 11.5. The lowest BCUT2D eigenvalue weighted by molar-refractivity contribution is -0.120. The van der Waals surface area contributed by atoms with Crippen molar-refractivity contribution < 1.29 is 13.2 Å². The van der Waals surface area contributed by atoms with Crippen molar-refractivity contribution in [3.05, 3.63) is 35.4 Å².